The molecule has 0 bridgehead atoms. The number of nitrogens with zero attached hydrogens (tertiary/aromatic N) is 1. The molecule has 0 fully saturated rings. The summed E-state index contributed by atoms with van der Waals surface area (Å²) in [7, 11) is 3.98. The number of nitrogens with one attached hydrogen (secondary N) is 1. The second-order valence-corrected chi connectivity index (χ2v) is 6.51. The summed E-state index contributed by atoms with van der Waals surface area (Å²) in [5.41, 5.74) is 17.1. The first-order chi connectivity index (χ1) is 11.7. The molecule has 2 aromatic carbocycles. The van der Waals surface area contributed by atoms with Crippen molar-refractivity contribution in [3.63, 3.8) is 0 Å². The molecule has 0 aromatic heterocycles. The first-order valence-electron chi connectivity index (χ1n) is 8.30. The first kappa shape index (κ1) is 18.9. The van der Waals surface area contributed by atoms with Gasteiger partial charge in [-0.25, -0.2) is 0 Å². The molecule has 0 radical (unpaired) electrons. The van der Waals surface area contributed by atoms with Crippen LogP contribution in [-0.4, -0.2) is 24.3 Å². The van der Waals surface area contributed by atoms with Crippen molar-refractivity contribution < 1.29 is 10.2 Å². The van der Waals surface area contributed by atoms with E-state index in [4.69, 9.17) is 11.5 Å². The van der Waals surface area contributed by atoms with Crippen LogP contribution >= 0.6 is 0 Å². The van der Waals surface area contributed by atoms with Gasteiger partial charge in [-0.2, -0.15) is 0 Å². The average Bonchev–Trinajstić information content (AvgIpc) is 2.54. The third-order valence-corrected chi connectivity index (χ3v) is 4.31. The van der Waals surface area contributed by atoms with E-state index in [1.54, 1.807) is 19.9 Å². The van der Waals surface area contributed by atoms with Gasteiger partial charge >= 0.3 is 0 Å². The number of aliphatic hydroxyl groups excluding tert-OH is 2. The Bertz CT molecular complexity index is 725. The molecule has 2 aromatic rings. The van der Waals surface area contributed by atoms with Crippen molar-refractivity contribution in [1.29, 1.82) is 0 Å². The summed E-state index contributed by atoms with van der Waals surface area (Å²) >= 11 is 0. The van der Waals surface area contributed by atoms with E-state index >= 15 is 0 Å². The van der Waals surface area contributed by atoms with Crippen molar-refractivity contribution in [2.45, 2.75) is 32.6 Å². The Labute approximate surface area is 149 Å². The molecule has 2 unspecified atom stereocenters. The minimum Gasteiger partial charge on any atom is -0.398 e. The summed E-state index contributed by atoms with van der Waals surface area (Å²) in [6.45, 7) is 3.70. The largest absolute Gasteiger partial charge is 0.398 e. The van der Waals surface area contributed by atoms with E-state index in [1.807, 2.05) is 43.3 Å². The Kier molecular flexibility index (Phi) is 5.77. The van der Waals surface area contributed by atoms with E-state index in [0.717, 1.165) is 16.9 Å². The van der Waals surface area contributed by atoms with Gasteiger partial charge in [-0.1, -0.05) is 0 Å². The molecule has 6 nitrogen and oxygen atoms in total. The van der Waals surface area contributed by atoms with E-state index < -0.39 is 12.2 Å². The normalized spacial score (nSPS) is 13.4. The van der Waals surface area contributed by atoms with E-state index in [2.05, 4.69) is 5.32 Å². The minimum atomic E-state index is -0.783. The molecular formula is C19H28N4O2. The van der Waals surface area contributed by atoms with Gasteiger partial charge in [0, 0.05) is 60.1 Å². The van der Waals surface area contributed by atoms with Crippen LogP contribution in [-0.2, 0) is 6.54 Å². The van der Waals surface area contributed by atoms with E-state index in [1.165, 1.54) is 0 Å². The maximum Gasteiger partial charge on any atom is 0.0786 e. The Morgan fingerprint density at radius 1 is 1.04 bits per heavy atom. The van der Waals surface area contributed by atoms with Gasteiger partial charge in [0.25, 0.3) is 0 Å². The van der Waals surface area contributed by atoms with Crippen LogP contribution in [0.3, 0.4) is 0 Å². The predicted molar refractivity (Wildman–Crippen MR) is 105 cm³/mol. The standard InChI is InChI=1S/C19H28N4O2/c1-11(24)15-9-17(20)16(18(12(2)25)19(15)21)10-22-13-5-7-14(8-6-13)23(3)4/h5-9,11-12,22,24-25H,10,20-21H2,1-4H3. The van der Waals surface area contributed by atoms with Crippen LogP contribution in [0.1, 0.15) is 42.7 Å². The number of aliphatic hydroxyl groups is 2. The zero-order valence-corrected chi connectivity index (χ0v) is 15.2. The van der Waals surface area contributed by atoms with Gasteiger partial charge in [-0.05, 0) is 44.2 Å². The molecule has 6 heteroatoms. The maximum absolute atomic E-state index is 10.2. The third kappa shape index (κ3) is 4.15. The lowest BCUT2D eigenvalue weighted by Gasteiger charge is -2.22. The average molecular weight is 344 g/mol. The molecule has 0 heterocycles. The van der Waals surface area contributed by atoms with Crippen LogP contribution in [0.25, 0.3) is 0 Å². The Balaban J connectivity index is 2.31. The number of hydrogen-bond acceptors (Lipinski definition) is 6. The van der Waals surface area contributed by atoms with Gasteiger partial charge in [0.15, 0.2) is 0 Å². The predicted octanol–water partition coefficient (Wildman–Crippen LogP) is 2.64. The van der Waals surface area contributed by atoms with E-state index in [-0.39, 0.29) is 0 Å². The monoisotopic (exact) mass is 344 g/mol. The lowest BCUT2D eigenvalue weighted by molar-refractivity contribution is 0.193. The fraction of sp³-hybridized carbons (Fsp3) is 0.368. The zero-order valence-electron chi connectivity index (χ0n) is 15.2. The van der Waals surface area contributed by atoms with Gasteiger partial charge in [0.1, 0.15) is 0 Å². The Morgan fingerprint density at radius 3 is 2.12 bits per heavy atom. The minimum absolute atomic E-state index is 0.388. The zero-order chi connectivity index (χ0) is 18.7. The molecule has 2 atom stereocenters. The summed E-state index contributed by atoms with van der Waals surface area (Å²) in [5, 5.41) is 23.3. The molecule has 25 heavy (non-hydrogen) atoms. The second-order valence-electron chi connectivity index (χ2n) is 6.51. The fourth-order valence-electron chi connectivity index (χ4n) is 2.89. The van der Waals surface area contributed by atoms with Crippen LogP contribution in [0.4, 0.5) is 22.7 Å². The quantitative estimate of drug-likeness (QED) is 0.516. The molecule has 0 saturated carbocycles. The number of hydrogen-bond donors (Lipinski definition) is 5. The van der Waals surface area contributed by atoms with Gasteiger partial charge < -0.3 is 31.9 Å². The van der Waals surface area contributed by atoms with Crippen molar-refractivity contribution in [2.75, 3.05) is 35.8 Å². The lowest BCUT2D eigenvalue weighted by Crippen LogP contribution is -2.14. The lowest BCUT2D eigenvalue weighted by atomic mass is 9.93. The van der Waals surface area contributed by atoms with E-state index in [9.17, 15) is 10.2 Å². The summed E-state index contributed by atoms with van der Waals surface area (Å²) in [6, 6.07) is 9.69. The Hall–Kier alpha value is -2.44. The number of anilines is 4. The molecule has 0 aliphatic heterocycles. The highest BCUT2D eigenvalue weighted by atomic mass is 16.3. The van der Waals surface area contributed by atoms with Crippen LogP contribution < -0.4 is 21.7 Å². The highest BCUT2D eigenvalue weighted by Gasteiger charge is 2.20. The van der Waals surface area contributed by atoms with Crippen LogP contribution in [0.2, 0.25) is 0 Å². The van der Waals surface area contributed by atoms with Crippen LogP contribution in [0, 0.1) is 0 Å². The molecule has 2 rings (SSSR count). The van der Waals surface area contributed by atoms with Crippen molar-refractivity contribution in [1.82, 2.24) is 0 Å². The topological polar surface area (TPSA) is 108 Å². The number of nitrogens with two attached hydrogens (primary N) is 2. The van der Waals surface area contributed by atoms with Crippen LogP contribution in [0.5, 0.6) is 0 Å². The second kappa shape index (κ2) is 7.63. The fourth-order valence-corrected chi connectivity index (χ4v) is 2.89. The highest BCUT2D eigenvalue weighted by Crippen LogP contribution is 2.35. The smallest absolute Gasteiger partial charge is 0.0786 e. The molecule has 0 aliphatic rings. The van der Waals surface area contributed by atoms with Crippen LogP contribution in [0.15, 0.2) is 30.3 Å². The first-order valence-corrected chi connectivity index (χ1v) is 8.30. The number of benzene rings is 2. The van der Waals surface area contributed by atoms with Gasteiger partial charge in [0.2, 0.25) is 0 Å². The summed E-state index contributed by atoms with van der Waals surface area (Å²) < 4.78 is 0. The molecule has 0 amide bonds. The SMILES string of the molecule is CC(O)c1cc(N)c(CNc2ccc(N(C)C)cc2)c(C(C)O)c1N. The third-order valence-electron chi connectivity index (χ3n) is 4.31. The maximum atomic E-state index is 10.2. The molecule has 0 spiro atoms. The van der Waals surface area contributed by atoms with Gasteiger partial charge in [0.05, 0.1) is 12.2 Å². The van der Waals surface area contributed by atoms with Crippen molar-refractivity contribution in [2.24, 2.45) is 0 Å². The molecule has 0 saturated heterocycles. The number of nitrogen functional groups attached to an aromatic ring is 2. The number of rotatable bonds is 6. The van der Waals surface area contributed by atoms with Crippen molar-refractivity contribution in [3.05, 3.63) is 47.0 Å². The molecule has 0 aliphatic carbocycles. The molecule has 7 N–H and O–H groups in total. The summed E-state index contributed by atoms with van der Waals surface area (Å²) in [6.07, 6.45) is -1.53. The van der Waals surface area contributed by atoms with Gasteiger partial charge in [-0.15, -0.1) is 0 Å². The van der Waals surface area contributed by atoms with E-state index in [0.29, 0.717) is 29.0 Å². The molecule has 136 valence electrons. The highest BCUT2D eigenvalue weighted by molar-refractivity contribution is 5.68. The Morgan fingerprint density at radius 2 is 1.64 bits per heavy atom. The summed E-state index contributed by atoms with van der Waals surface area (Å²) in [4.78, 5) is 2.03. The summed E-state index contributed by atoms with van der Waals surface area (Å²) in [5.74, 6) is 0. The molecular weight excluding hydrogens is 316 g/mol. The van der Waals surface area contributed by atoms with Crippen molar-refractivity contribution >= 4 is 22.7 Å². The van der Waals surface area contributed by atoms with Gasteiger partial charge in [-0.3, -0.25) is 0 Å². The van der Waals surface area contributed by atoms with Crippen molar-refractivity contribution in [3.8, 4) is 0 Å².